The van der Waals surface area contributed by atoms with E-state index < -0.39 is 0 Å². The van der Waals surface area contributed by atoms with Gasteiger partial charge in [0.05, 0.1) is 6.10 Å². The highest BCUT2D eigenvalue weighted by molar-refractivity contribution is 5.49. The number of nitrogens with one attached hydrogen (secondary N) is 1. The molecule has 1 aromatic rings. The number of terminal acetylenes is 1. The number of hydrogen-bond acceptors (Lipinski definition) is 2. The second kappa shape index (κ2) is 5.31. The van der Waals surface area contributed by atoms with Crippen LogP contribution in [0.4, 0.5) is 5.69 Å². The maximum Gasteiger partial charge on any atom is 0.0528 e. The van der Waals surface area contributed by atoms with Crippen LogP contribution < -0.4 is 5.32 Å². The maximum atomic E-state index is 9.06. The van der Waals surface area contributed by atoms with Crippen molar-refractivity contribution in [1.82, 2.24) is 0 Å². The number of aliphatic hydroxyl groups is 1. The summed E-state index contributed by atoms with van der Waals surface area (Å²) in [5.74, 6) is 2.58. The first-order chi connectivity index (χ1) is 6.72. The predicted octanol–water partition coefficient (Wildman–Crippen LogP) is 1.85. The van der Waals surface area contributed by atoms with Gasteiger partial charge in [0.25, 0.3) is 0 Å². The SMILES string of the molecule is C#Cc1cccc(NCCC(C)O)c1. The third-order valence-electron chi connectivity index (χ3n) is 1.92. The van der Waals surface area contributed by atoms with Crippen molar-refractivity contribution >= 4 is 5.69 Å². The van der Waals surface area contributed by atoms with E-state index in [1.165, 1.54) is 0 Å². The monoisotopic (exact) mass is 189 g/mol. The molecule has 0 amide bonds. The van der Waals surface area contributed by atoms with Gasteiger partial charge in [-0.25, -0.2) is 0 Å². The molecule has 1 atom stereocenters. The van der Waals surface area contributed by atoms with Gasteiger partial charge in [0, 0.05) is 17.8 Å². The Kier molecular flexibility index (Phi) is 4.03. The quantitative estimate of drug-likeness (QED) is 0.708. The van der Waals surface area contributed by atoms with E-state index in [-0.39, 0.29) is 6.10 Å². The molecule has 0 radical (unpaired) electrons. The van der Waals surface area contributed by atoms with Gasteiger partial charge >= 0.3 is 0 Å². The lowest BCUT2D eigenvalue weighted by atomic mass is 10.2. The molecular weight excluding hydrogens is 174 g/mol. The van der Waals surface area contributed by atoms with Crippen molar-refractivity contribution in [2.75, 3.05) is 11.9 Å². The Balaban J connectivity index is 2.47. The molecule has 0 fully saturated rings. The standard InChI is InChI=1S/C12H15NO/c1-3-11-5-4-6-12(9-11)13-8-7-10(2)14/h1,4-6,9-10,13-14H,7-8H2,2H3. The van der Waals surface area contributed by atoms with Gasteiger partial charge in [-0.15, -0.1) is 6.42 Å². The summed E-state index contributed by atoms with van der Waals surface area (Å²) in [6, 6.07) is 7.69. The van der Waals surface area contributed by atoms with Crippen LogP contribution >= 0.6 is 0 Å². The molecule has 1 unspecified atom stereocenters. The maximum absolute atomic E-state index is 9.06. The lowest BCUT2D eigenvalue weighted by Crippen LogP contribution is -2.09. The van der Waals surface area contributed by atoms with Gasteiger partial charge in [0.2, 0.25) is 0 Å². The molecule has 0 aliphatic carbocycles. The summed E-state index contributed by atoms with van der Waals surface area (Å²) in [5, 5.41) is 12.3. The van der Waals surface area contributed by atoms with Gasteiger partial charge in [-0.3, -0.25) is 0 Å². The largest absolute Gasteiger partial charge is 0.393 e. The molecular formula is C12H15NO. The summed E-state index contributed by atoms with van der Waals surface area (Å²) in [7, 11) is 0. The summed E-state index contributed by atoms with van der Waals surface area (Å²) in [4.78, 5) is 0. The average molecular weight is 189 g/mol. The van der Waals surface area contributed by atoms with Crippen molar-refractivity contribution in [1.29, 1.82) is 0 Å². The van der Waals surface area contributed by atoms with Gasteiger partial charge in [-0.1, -0.05) is 12.0 Å². The van der Waals surface area contributed by atoms with Crippen LogP contribution in [0.25, 0.3) is 0 Å². The highest BCUT2D eigenvalue weighted by Crippen LogP contribution is 2.09. The van der Waals surface area contributed by atoms with Crippen LogP contribution in [0.15, 0.2) is 24.3 Å². The topological polar surface area (TPSA) is 32.3 Å². The van der Waals surface area contributed by atoms with E-state index in [1.807, 2.05) is 24.3 Å². The Morgan fingerprint density at radius 3 is 3.00 bits per heavy atom. The van der Waals surface area contributed by atoms with E-state index in [1.54, 1.807) is 6.92 Å². The molecule has 0 spiro atoms. The van der Waals surface area contributed by atoms with E-state index in [4.69, 9.17) is 11.5 Å². The minimum atomic E-state index is -0.265. The molecule has 2 N–H and O–H groups in total. The second-order valence-corrected chi connectivity index (χ2v) is 3.29. The first kappa shape index (κ1) is 10.6. The summed E-state index contributed by atoms with van der Waals surface area (Å²) < 4.78 is 0. The molecule has 0 aliphatic heterocycles. The molecule has 0 aliphatic rings. The van der Waals surface area contributed by atoms with Crippen molar-refractivity contribution in [3.8, 4) is 12.3 Å². The highest BCUT2D eigenvalue weighted by atomic mass is 16.3. The molecule has 1 aromatic carbocycles. The van der Waals surface area contributed by atoms with Crippen molar-refractivity contribution in [2.24, 2.45) is 0 Å². The van der Waals surface area contributed by atoms with Crippen LogP contribution in [0, 0.1) is 12.3 Å². The van der Waals surface area contributed by atoms with E-state index >= 15 is 0 Å². The smallest absolute Gasteiger partial charge is 0.0528 e. The van der Waals surface area contributed by atoms with Gasteiger partial charge in [-0.05, 0) is 31.5 Å². The van der Waals surface area contributed by atoms with Gasteiger partial charge in [0.1, 0.15) is 0 Å². The normalized spacial score (nSPS) is 11.8. The fourth-order valence-corrected chi connectivity index (χ4v) is 1.14. The summed E-state index contributed by atoms with van der Waals surface area (Å²) in [6.07, 6.45) is 5.75. The van der Waals surface area contributed by atoms with E-state index in [0.717, 1.165) is 24.2 Å². The fraction of sp³-hybridized carbons (Fsp3) is 0.333. The van der Waals surface area contributed by atoms with Crippen LogP contribution in [0.2, 0.25) is 0 Å². The lowest BCUT2D eigenvalue weighted by molar-refractivity contribution is 0.189. The number of rotatable bonds is 4. The summed E-state index contributed by atoms with van der Waals surface area (Å²) in [5.41, 5.74) is 1.87. The van der Waals surface area contributed by atoms with Crippen LogP contribution in [-0.4, -0.2) is 17.8 Å². The minimum absolute atomic E-state index is 0.265. The van der Waals surface area contributed by atoms with Gasteiger partial charge < -0.3 is 10.4 Å². The molecule has 14 heavy (non-hydrogen) atoms. The minimum Gasteiger partial charge on any atom is -0.393 e. The van der Waals surface area contributed by atoms with Crippen LogP contribution in [0.3, 0.4) is 0 Å². The molecule has 74 valence electrons. The molecule has 0 aromatic heterocycles. The second-order valence-electron chi connectivity index (χ2n) is 3.29. The Morgan fingerprint density at radius 1 is 1.57 bits per heavy atom. The first-order valence-corrected chi connectivity index (χ1v) is 4.71. The van der Waals surface area contributed by atoms with Crippen LogP contribution in [0.1, 0.15) is 18.9 Å². The van der Waals surface area contributed by atoms with E-state index in [0.29, 0.717) is 0 Å². The van der Waals surface area contributed by atoms with E-state index in [2.05, 4.69) is 11.2 Å². The molecule has 0 saturated heterocycles. The Labute approximate surface area is 85.0 Å². The number of hydrogen-bond donors (Lipinski definition) is 2. The molecule has 2 heteroatoms. The number of benzene rings is 1. The summed E-state index contributed by atoms with van der Waals surface area (Å²) >= 11 is 0. The molecule has 0 heterocycles. The van der Waals surface area contributed by atoms with E-state index in [9.17, 15) is 0 Å². The third-order valence-corrected chi connectivity index (χ3v) is 1.92. The Hall–Kier alpha value is -1.46. The molecule has 0 saturated carbocycles. The van der Waals surface area contributed by atoms with Crippen molar-refractivity contribution in [3.63, 3.8) is 0 Å². The van der Waals surface area contributed by atoms with Crippen molar-refractivity contribution in [2.45, 2.75) is 19.4 Å². The van der Waals surface area contributed by atoms with Crippen LogP contribution in [-0.2, 0) is 0 Å². The predicted molar refractivity (Wildman–Crippen MR) is 59.2 cm³/mol. The fourth-order valence-electron chi connectivity index (χ4n) is 1.14. The average Bonchev–Trinajstić information content (AvgIpc) is 2.18. The summed E-state index contributed by atoms with van der Waals surface area (Å²) in [6.45, 7) is 2.53. The zero-order valence-corrected chi connectivity index (χ0v) is 8.33. The van der Waals surface area contributed by atoms with Gasteiger partial charge in [0.15, 0.2) is 0 Å². The zero-order valence-electron chi connectivity index (χ0n) is 8.33. The van der Waals surface area contributed by atoms with Crippen LogP contribution in [0.5, 0.6) is 0 Å². The van der Waals surface area contributed by atoms with Crippen molar-refractivity contribution < 1.29 is 5.11 Å². The third kappa shape index (κ3) is 3.51. The highest BCUT2D eigenvalue weighted by Gasteiger charge is 1.96. The first-order valence-electron chi connectivity index (χ1n) is 4.71. The van der Waals surface area contributed by atoms with Gasteiger partial charge in [-0.2, -0.15) is 0 Å². The Bertz CT molecular complexity index is 325. The molecule has 1 rings (SSSR count). The molecule has 2 nitrogen and oxygen atoms in total. The molecule has 0 bridgehead atoms. The zero-order chi connectivity index (χ0) is 10.4. The number of aliphatic hydroxyl groups excluding tert-OH is 1. The Morgan fingerprint density at radius 2 is 2.36 bits per heavy atom. The van der Waals surface area contributed by atoms with Crippen molar-refractivity contribution in [3.05, 3.63) is 29.8 Å². The number of anilines is 1. The lowest BCUT2D eigenvalue weighted by Gasteiger charge is -2.07.